The molecule has 1 aliphatic rings. The largest absolute Gasteiger partial charge is 0.394 e. The van der Waals surface area contributed by atoms with E-state index in [2.05, 4.69) is 12.2 Å². The molecule has 1 rings (SSSR count). The highest BCUT2D eigenvalue weighted by Gasteiger charge is 2.36. The lowest BCUT2D eigenvalue weighted by Crippen LogP contribution is -2.58. The van der Waals surface area contributed by atoms with Gasteiger partial charge in [-0.3, -0.25) is 10.1 Å². The Labute approximate surface area is 97.6 Å². The van der Waals surface area contributed by atoms with Crippen molar-refractivity contribution in [2.24, 2.45) is 11.7 Å². The molecular formula is C12H24N2O2. The number of carbonyl (C=O) groups excluding carboxylic acids is 1. The average Bonchev–Trinajstić information content (AvgIpc) is 2.25. The summed E-state index contributed by atoms with van der Waals surface area (Å²) in [5, 5.41) is 12.8. The zero-order chi connectivity index (χ0) is 12.2. The molecule has 0 saturated heterocycles. The van der Waals surface area contributed by atoms with Crippen molar-refractivity contribution in [1.29, 1.82) is 0 Å². The number of amides is 1. The summed E-state index contributed by atoms with van der Waals surface area (Å²) in [5.74, 6) is 0.271. The lowest BCUT2D eigenvalue weighted by atomic mass is 9.76. The van der Waals surface area contributed by atoms with Gasteiger partial charge in [-0.05, 0) is 25.2 Å². The summed E-state index contributed by atoms with van der Waals surface area (Å²) in [6, 6.07) is -0.322. The van der Waals surface area contributed by atoms with Gasteiger partial charge in [0, 0.05) is 5.54 Å². The Bertz CT molecular complexity index is 245. The predicted molar refractivity (Wildman–Crippen MR) is 63.9 cm³/mol. The summed E-state index contributed by atoms with van der Waals surface area (Å²) < 4.78 is 0. The Kier molecular flexibility index (Phi) is 4.74. The summed E-state index contributed by atoms with van der Waals surface area (Å²) in [6.07, 6.45) is 4.83. The fraction of sp³-hybridized carbons (Fsp3) is 0.917. The molecule has 0 radical (unpaired) electrons. The third kappa shape index (κ3) is 3.19. The number of aliphatic hydroxyl groups excluding tert-OH is 1. The molecule has 0 heterocycles. The third-order valence-corrected chi connectivity index (χ3v) is 3.63. The first-order chi connectivity index (χ1) is 7.53. The number of hydrogen-bond donors (Lipinski definition) is 3. The van der Waals surface area contributed by atoms with Crippen LogP contribution in [0.25, 0.3) is 0 Å². The monoisotopic (exact) mass is 228 g/mol. The van der Waals surface area contributed by atoms with Crippen LogP contribution in [0.4, 0.5) is 0 Å². The van der Waals surface area contributed by atoms with Crippen LogP contribution in [0.2, 0.25) is 0 Å². The molecule has 1 fully saturated rings. The number of primary amides is 1. The minimum atomic E-state index is -0.325. The van der Waals surface area contributed by atoms with Gasteiger partial charge in [0.05, 0.1) is 12.6 Å². The van der Waals surface area contributed by atoms with Crippen LogP contribution >= 0.6 is 0 Å². The first-order valence-electron chi connectivity index (χ1n) is 6.21. The number of carbonyl (C=O) groups is 1. The van der Waals surface area contributed by atoms with Crippen molar-refractivity contribution < 1.29 is 9.90 Å². The number of rotatable bonds is 5. The predicted octanol–water partition coefficient (Wildman–Crippen LogP) is 0.781. The van der Waals surface area contributed by atoms with E-state index in [-0.39, 0.29) is 24.1 Å². The van der Waals surface area contributed by atoms with Crippen molar-refractivity contribution in [3.8, 4) is 0 Å². The Hall–Kier alpha value is -0.610. The van der Waals surface area contributed by atoms with Gasteiger partial charge < -0.3 is 10.8 Å². The molecule has 3 atom stereocenters. The molecule has 3 unspecified atom stereocenters. The van der Waals surface area contributed by atoms with Gasteiger partial charge in [-0.15, -0.1) is 0 Å². The molecule has 0 aromatic heterocycles. The smallest absolute Gasteiger partial charge is 0.234 e. The summed E-state index contributed by atoms with van der Waals surface area (Å²) in [6.45, 7) is 4.21. The van der Waals surface area contributed by atoms with E-state index >= 15 is 0 Å². The van der Waals surface area contributed by atoms with Crippen molar-refractivity contribution in [2.45, 2.75) is 57.5 Å². The molecule has 1 saturated carbocycles. The maximum absolute atomic E-state index is 11.2. The molecule has 4 N–H and O–H groups in total. The van der Waals surface area contributed by atoms with Gasteiger partial charge in [0.15, 0.2) is 0 Å². The Balaban J connectivity index is 2.68. The first kappa shape index (κ1) is 13.5. The number of nitrogens with one attached hydrogen (secondary N) is 1. The zero-order valence-electron chi connectivity index (χ0n) is 10.3. The SMILES string of the molecule is CCC(NC1(CO)CCCC(C)C1)C(N)=O. The van der Waals surface area contributed by atoms with Gasteiger partial charge in [-0.1, -0.05) is 26.7 Å². The lowest BCUT2D eigenvalue weighted by molar-refractivity contribution is -0.121. The van der Waals surface area contributed by atoms with E-state index in [9.17, 15) is 9.90 Å². The van der Waals surface area contributed by atoms with E-state index in [0.717, 1.165) is 19.3 Å². The molecule has 94 valence electrons. The van der Waals surface area contributed by atoms with Crippen molar-refractivity contribution in [3.05, 3.63) is 0 Å². The van der Waals surface area contributed by atoms with Gasteiger partial charge in [0.25, 0.3) is 0 Å². The lowest BCUT2D eigenvalue weighted by Gasteiger charge is -2.41. The Morgan fingerprint density at radius 2 is 2.38 bits per heavy atom. The summed E-state index contributed by atoms with van der Waals surface area (Å²) in [4.78, 5) is 11.2. The van der Waals surface area contributed by atoms with Crippen LogP contribution in [0.3, 0.4) is 0 Å². The fourth-order valence-electron chi connectivity index (χ4n) is 2.72. The summed E-state index contributed by atoms with van der Waals surface area (Å²) in [5.41, 5.74) is 5.03. The van der Waals surface area contributed by atoms with Crippen LogP contribution in [-0.4, -0.2) is 29.2 Å². The molecule has 16 heavy (non-hydrogen) atoms. The number of nitrogens with two attached hydrogens (primary N) is 1. The molecule has 4 nitrogen and oxygen atoms in total. The fourth-order valence-corrected chi connectivity index (χ4v) is 2.72. The van der Waals surface area contributed by atoms with E-state index < -0.39 is 0 Å². The highest BCUT2D eigenvalue weighted by Crippen LogP contribution is 2.32. The maximum Gasteiger partial charge on any atom is 0.234 e. The molecule has 0 aromatic rings. The van der Waals surface area contributed by atoms with Gasteiger partial charge >= 0.3 is 0 Å². The minimum absolute atomic E-state index is 0.0844. The van der Waals surface area contributed by atoms with Crippen molar-refractivity contribution in [3.63, 3.8) is 0 Å². The normalized spacial score (nSPS) is 32.3. The molecule has 1 aliphatic carbocycles. The minimum Gasteiger partial charge on any atom is -0.394 e. The van der Waals surface area contributed by atoms with Crippen LogP contribution in [0.15, 0.2) is 0 Å². The third-order valence-electron chi connectivity index (χ3n) is 3.63. The first-order valence-corrected chi connectivity index (χ1v) is 6.21. The molecule has 0 bridgehead atoms. The van der Waals surface area contributed by atoms with Crippen molar-refractivity contribution in [2.75, 3.05) is 6.61 Å². The van der Waals surface area contributed by atoms with Crippen molar-refractivity contribution in [1.82, 2.24) is 5.32 Å². The summed E-state index contributed by atoms with van der Waals surface area (Å²) in [7, 11) is 0. The molecule has 0 aliphatic heterocycles. The molecule has 0 aromatic carbocycles. The number of hydrogen-bond acceptors (Lipinski definition) is 3. The van der Waals surface area contributed by atoms with Gasteiger partial charge in [0.2, 0.25) is 5.91 Å². The van der Waals surface area contributed by atoms with E-state index in [0.29, 0.717) is 12.3 Å². The highest BCUT2D eigenvalue weighted by atomic mass is 16.3. The van der Waals surface area contributed by atoms with E-state index in [1.165, 1.54) is 6.42 Å². The number of aliphatic hydroxyl groups is 1. The zero-order valence-corrected chi connectivity index (χ0v) is 10.3. The van der Waals surface area contributed by atoms with Gasteiger partial charge in [-0.25, -0.2) is 0 Å². The van der Waals surface area contributed by atoms with E-state index in [1.807, 2.05) is 6.92 Å². The van der Waals surface area contributed by atoms with Crippen LogP contribution < -0.4 is 11.1 Å². The van der Waals surface area contributed by atoms with Crippen LogP contribution in [0, 0.1) is 5.92 Å². The topological polar surface area (TPSA) is 75.3 Å². The highest BCUT2D eigenvalue weighted by molar-refractivity contribution is 5.79. The Morgan fingerprint density at radius 1 is 1.69 bits per heavy atom. The second kappa shape index (κ2) is 5.64. The quantitative estimate of drug-likeness (QED) is 0.651. The van der Waals surface area contributed by atoms with Gasteiger partial charge in [-0.2, -0.15) is 0 Å². The van der Waals surface area contributed by atoms with Crippen LogP contribution in [0.1, 0.15) is 46.0 Å². The Morgan fingerprint density at radius 3 is 2.81 bits per heavy atom. The van der Waals surface area contributed by atoms with E-state index in [4.69, 9.17) is 5.73 Å². The van der Waals surface area contributed by atoms with E-state index in [1.54, 1.807) is 0 Å². The second-order valence-electron chi connectivity index (χ2n) is 5.15. The standard InChI is InChI=1S/C12H24N2O2/c1-3-10(11(13)16)14-12(8-15)6-4-5-9(2)7-12/h9-10,14-15H,3-8H2,1-2H3,(H2,13,16). The summed E-state index contributed by atoms with van der Waals surface area (Å²) >= 11 is 0. The molecule has 0 spiro atoms. The molecular weight excluding hydrogens is 204 g/mol. The van der Waals surface area contributed by atoms with Crippen molar-refractivity contribution >= 4 is 5.91 Å². The second-order valence-corrected chi connectivity index (χ2v) is 5.15. The molecule has 1 amide bonds. The molecule has 4 heteroatoms. The maximum atomic E-state index is 11.2. The van der Waals surface area contributed by atoms with Gasteiger partial charge in [0.1, 0.15) is 0 Å². The average molecular weight is 228 g/mol. The van der Waals surface area contributed by atoms with Crippen LogP contribution in [0.5, 0.6) is 0 Å². The van der Waals surface area contributed by atoms with Crippen LogP contribution in [-0.2, 0) is 4.79 Å².